The van der Waals surface area contributed by atoms with Gasteiger partial charge in [-0.15, -0.1) is 12.4 Å². The Morgan fingerprint density at radius 3 is 2.90 bits per heavy atom. The van der Waals surface area contributed by atoms with Gasteiger partial charge in [0.1, 0.15) is 5.75 Å². The SMILES string of the molecule is COc1cc(CNC(=O)C2CCCCN2)ccc1C.Cl. The third-order valence-electron chi connectivity index (χ3n) is 3.57. The van der Waals surface area contributed by atoms with Crippen LogP contribution in [0, 0.1) is 6.92 Å². The summed E-state index contributed by atoms with van der Waals surface area (Å²) in [6.45, 7) is 3.50. The van der Waals surface area contributed by atoms with Crippen molar-refractivity contribution in [3.63, 3.8) is 0 Å². The van der Waals surface area contributed by atoms with Crippen LogP contribution >= 0.6 is 12.4 Å². The molecule has 20 heavy (non-hydrogen) atoms. The van der Waals surface area contributed by atoms with E-state index in [1.807, 2.05) is 25.1 Å². The van der Waals surface area contributed by atoms with Gasteiger partial charge >= 0.3 is 0 Å². The number of aryl methyl sites for hydroxylation is 1. The molecule has 1 saturated heterocycles. The van der Waals surface area contributed by atoms with E-state index in [1.54, 1.807) is 7.11 Å². The number of ether oxygens (including phenoxy) is 1. The van der Waals surface area contributed by atoms with E-state index >= 15 is 0 Å². The van der Waals surface area contributed by atoms with Gasteiger partial charge in [0, 0.05) is 6.54 Å². The Bertz CT molecular complexity index is 445. The molecular weight excluding hydrogens is 276 g/mol. The maximum absolute atomic E-state index is 12.0. The van der Waals surface area contributed by atoms with Crippen molar-refractivity contribution in [2.24, 2.45) is 0 Å². The van der Waals surface area contributed by atoms with Crippen LogP contribution in [0.3, 0.4) is 0 Å². The molecular formula is C15H23ClN2O2. The van der Waals surface area contributed by atoms with Crippen LogP contribution in [0.2, 0.25) is 0 Å². The van der Waals surface area contributed by atoms with E-state index in [-0.39, 0.29) is 24.4 Å². The highest BCUT2D eigenvalue weighted by atomic mass is 35.5. The summed E-state index contributed by atoms with van der Waals surface area (Å²) in [5.41, 5.74) is 2.16. The highest BCUT2D eigenvalue weighted by Crippen LogP contribution is 2.18. The van der Waals surface area contributed by atoms with E-state index in [1.165, 1.54) is 6.42 Å². The van der Waals surface area contributed by atoms with Gasteiger partial charge in [0.15, 0.2) is 0 Å². The fourth-order valence-corrected chi connectivity index (χ4v) is 2.36. The summed E-state index contributed by atoms with van der Waals surface area (Å²) in [4.78, 5) is 12.0. The van der Waals surface area contributed by atoms with Crippen molar-refractivity contribution >= 4 is 18.3 Å². The molecule has 0 spiro atoms. The van der Waals surface area contributed by atoms with Crippen LogP contribution in [0.1, 0.15) is 30.4 Å². The number of methoxy groups -OCH3 is 1. The van der Waals surface area contributed by atoms with Crippen LogP contribution in [-0.2, 0) is 11.3 Å². The van der Waals surface area contributed by atoms with E-state index in [0.717, 1.165) is 36.3 Å². The standard InChI is InChI=1S/C15H22N2O2.ClH/c1-11-6-7-12(9-14(11)19-2)10-17-15(18)13-5-3-4-8-16-13;/h6-7,9,13,16H,3-5,8,10H2,1-2H3,(H,17,18);1H. The molecule has 2 rings (SSSR count). The summed E-state index contributed by atoms with van der Waals surface area (Å²) in [6, 6.07) is 5.98. The number of amides is 1. The molecule has 1 aromatic rings. The fraction of sp³-hybridized carbons (Fsp3) is 0.533. The first-order chi connectivity index (χ1) is 9.20. The Morgan fingerprint density at radius 2 is 2.25 bits per heavy atom. The number of halogens is 1. The minimum absolute atomic E-state index is 0. The Morgan fingerprint density at radius 1 is 1.45 bits per heavy atom. The smallest absolute Gasteiger partial charge is 0.237 e. The first-order valence-electron chi connectivity index (χ1n) is 6.85. The molecule has 112 valence electrons. The quantitative estimate of drug-likeness (QED) is 0.896. The number of hydrogen-bond acceptors (Lipinski definition) is 3. The van der Waals surface area contributed by atoms with Gasteiger partial charge in [-0.3, -0.25) is 4.79 Å². The van der Waals surface area contributed by atoms with Crippen LogP contribution < -0.4 is 15.4 Å². The Hall–Kier alpha value is -1.26. The van der Waals surface area contributed by atoms with Crippen molar-refractivity contribution in [3.05, 3.63) is 29.3 Å². The average Bonchev–Trinajstić information content (AvgIpc) is 2.47. The lowest BCUT2D eigenvalue weighted by Crippen LogP contribution is -2.46. The predicted octanol–water partition coefficient (Wildman–Crippen LogP) is 2.18. The molecule has 1 unspecified atom stereocenters. The molecule has 0 aliphatic carbocycles. The van der Waals surface area contributed by atoms with Crippen molar-refractivity contribution < 1.29 is 9.53 Å². The van der Waals surface area contributed by atoms with Crippen molar-refractivity contribution in [3.8, 4) is 5.75 Å². The first kappa shape index (κ1) is 16.8. The first-order valence-corrected chi connectivity index (χ1v) is 6.85. The molecule has 0 saturated carbocycles. The second kappa shape index (κ2) is 8.12. The molecule has 0 radical (unpaired) electrons. The monoisotopic (exact) mass is 298 g/mol. The third kappa shape index (κ3) is 4.39. The highest BCUT2D eigenvalue weighted by Gasteiger charge is 2.19. The number of hydrogen-bond donors (Lipinski definition) is 2. The topological polar surface area (TPSA) is 50.4 Å². The highest BCUT2D eigenvalue weighted by molar-refractivity contribution is 5.85. The molecule has 1 aliphatic heterocycles. The van der Waals surface area contributed by atoms with Crippen LogP contribution in [0.4, 0.5) is 0 Å². The van der Waals surface area contributed by atoms with Gasteiger partial charge in [0.25, 0.3) is 0 Å². The molecule has 1 aliphatic rings. The lowest BCUT2D eigenvalue weighted by Gasteiger charge is -2.22. The number of rotatable bonds is 4. The average molecular weight is 299 g/mol. The summed E-state index contributed by atoms with van der Waals surface area (Å²) < 4.78 is 5.28. The molecule has 2 N–H and O–H groups in total. The molecule has 0 bridgehead atoms. The lowest BCUT2D eigenvalue weighted by molar-refractivity contribution is -0.123. The van der Waals surface area contributed by atoms with E-state index in [2.05, 4.69) is 10.6 Å². The van der Waals surface area contributed by atoms with Crippen molar-refractivity contribution in [2.75, 3.05) is 13.7 Å². The minimum atomic E-state index is -0.0268. The van der Waals surface area contributed by atoms with Crippen molar-refractivity contribution in [1.82, 2.24) is 10.6 Å². The molecule has 1 atom stereocenters. The molecule has 1 fully saturated rings. The molecule has 1 amide bonds. The normalized spacial score (nSPS) is 18.0. The predicted molar refractivity (Wildman–Crippen MR) is 82.5 cm³/mol. The Kier molecular flexibility index (Phi) is 6.82. The maximum atomic E-state index is 12.0. The number of carbonyl (C=O) groups excluding carboxylic acids is 1. The van der Waals surface area contributed by atoms with E-state index < -0.39 is 0 Å². The van der Waals surface area contributed by atoms with E-state index in [9.17, 15) is 4.79 Å². The molecule has 5 heteroatoms. The molecule has 1 aromatic carbocycles. The summed E-state index contributed by atoms with van der Waals surface area (Å²) >= 11 is 0. The minimum Gasteiger partial charge on any atom is -0.496 e. The Labute approximate surface area is 126 Å². The number of piperidine rings is 1. The lowest BCUT2D eigenvalue weighted by atomic mass is 10.0. The van der Waals surface area contributed by atoms with Gasteiger partial charge in [0.05, 0.1) is 13.2 Å². The fourth-order valence-electron chi connectivity index (χ4n) is 2.36. The molecule has 1 heterocycles. The molecule has 0 aromatic heterocycles. The van der Waals surface area contributed by atoms with Gasteiger partial charge in [-0.25, -0.2) is 0 Å². The maximum Gasteiger partial charge on any atom is 0.237 e. The van der Waals surface area contributed by atoms with Gasteiger partial charge in [-0.05, 0) is 43.5 Å². The molecule has 4 nitrogen and oxygen atoms in total. The van der Waals surface area contributed by atoms with E-state index in [4.69, 9.17) is 4.74 Å². The van der Waals surface area contributed by atoms with Gasteiger partial charge in [-0.1, -0.05) is 18.6 Å². The number of benzene rings is 1. The summed E-state index contributed by atoms with van der Waals surface area (Å²) in [5, 5.41) is 6.23. The third-order valence-corrected chi connectivity index (χ3v) is 3.57. The zero-order valence-electron chi connectivity index (χ0n) is 12.1. The van der Waals surface area contributed by atoms with Crippen LogP contribution in [-0.4, -0.2) is 25.6 Å². The second-order valence-electron chi connectivity index (χ2n) is 5.02. The van der Waals surface area contributed by atoms with Gasteiger partial charge in [0.2, 0.25) is 5.91 Å². The largest absolute Gasteiger partial charge is 0.496 e. The van der Waals surface area contributed by atoms with Crippen LogP contribution in [0.15, 0.2) is 18.2 Å². The summed E-state index contributed by atoms with van der Waals surface area (Å²) in [7, 11) is 1.66. The van der Waals surface area contributed by atoms with E-state index in [0.29, 0.717) is 6.54 Å². The zero-order chi connectivity index (χ0) is 13.7. The van der Waals surface area contributed by atoms with Gasteiger partial charge < -0.3 is 15.4 Å². The number of nitrogens with one attached hydrogen (secondary N) is 2. The summed E-state index contributed by atoms with van der Waals surface area (Å²) in [5.74, 6) is 0.960. The number of carbonyl (C=O) groups is 1. The summed E-state index contributed by atoms with van der Waals surface area (Å²) in [6.07, 6.45) is 3.23. The van der Waals surface area contributed by atoms with Gasteiger partial charge in [-0.2, -0.15) is 0 Å². The van der Waals surface area contributed by atoms with Crippen molar-refractivity contribution in [1.29, 1.82) is 0 Å². The van der Waals surface area contributed by atoms with Crippen LogP contribution in [0.5, 0.6) is 5.75 Å². The Balaban J connectivity index is 0.00000200. The second-order valence-corrected chi connectivity index (χ2v) is 5.02. The van der Waals surface area contributed by atoms with Crippen LogP contribution in [0.25, 0.3) is 0 Å². The van der Waals surface area contributed by atoms with Crippen molar-refractivity contribution in [2.45, 2.75) is 38.8 Å². The zero-order valence-corrected chi connectivity index (χ0v) is 12.9.